The van der Waals surface area contributed by atoms with E-state index in [1.165, 1.54) is 0 Å². The first-order valence-corrected chi connectivity index (χ1v) is 11.2. The molecule has 0 aliphatic carbocycles. The molecule has 1 fully saturated rings. The lowest BCUT2D eigenvalue weighted by Gasteiger charge is -2.33. The van der Waals surface area contributed by atoms with Crippen molar-refractivity contribution in [2.75, 3.05) is 36.0 Å². The summed E-state index contributed by atoms with van der Waals surface area (Å²) in [6.07, 6.45) is 1.97. The number of anilines is 2. The third-order valence-corrected chi connectivity index (χ3v) is 6.31. The first-order valence-electron chi connectivity index (χ1n) is 11.2. The summed E-state index contributed by atoms with van der Waals surface area (Å²) in [5.74, 6) is 7.83. The maximum absolute atomic E-state index is 13.9. The number of benzene rings is 1. The molecular weight excluding hydrogens is 416 g/mol. The molecule has 1 atom stereocenters. The Bertz CT molecular complexity index is 1230. The van der Waals surface area contributed by atoms with Crippen LogP contribution in [0.2, 0.25) is 0 Å². The number of hydrogen-bond donors (Lipinski definition) is 1. The van der Waals surface area contributed by atoms with Gasteiger partial charge in [-0.3, -0.25) is 24.2 Å². The van der Waals surface area contributed by atoms with Gasteiger partial charge in [-0.2, -0.15) is 10.2 Å². The van der Waals surface area contributed by atoms with Crippen molar-refractivity contribution in [3.8, 4) is 17.9 Å². The van der Waals surface area contributed by atoms with Gasteiger partial charge in [0.05, 0.1) is 31.3 Å². The van der Waals surface area contributed by atoms with Gasteiger partial charge in [-0.15, -0.1) is 5.92 Å². The lowest BCUT2D eigenvalue weighted by Crippen LogP contribution is -2.50. The number of aliphatic imine (C=N–C) groups is 1. The van der Waals surface area contributed by atoms with Crippen molar-refractivity contribution in [1.82, 2.24) is 14.5 Å². The fourth-order valence-corrected chi connectivity index (χ4v) is 4.73. The van der Waals surface area contributed by atoms with Crippen LogP contribution in [-0.4, -0.2) is 58.5 Å². The Morgan fingerprint density at radius 3 is 2.91 bits per heavy atom. The van der Waals surface area contributed by atoms with Crippen molar-refractivity contribution in [2.45, 2.75) is 38.9 Å². The van der Waals surface area contributed by atoms with Crippen LogP contribution in [0.15, 0.2) is 29.3 Å². The third-order valence-electron chi connectivity index (χ3n) is 6.31. The first-order chi connectivity index (χ1) is 16.1. The number of amides is 1. The highest BCUT2D eigenvalue weighted by Crippen LogP contribution is 2.35. The Balaban J connectivity index is 1.60. The van der Waals surface area contributed by atoms with Gasteiger partial charge in [0.2, 0.25) is 11.9 Å². The molecule has 1 saturated heterocycles. The number of fused-ring (bicyclic) bond motifs is 3. The van der Waals surface area contributed by atoms with Crippen LogP contribution in [-0.2, 0) is 13.1 Å². The number of nitrogens with zero attached hydrogens (tertiary/aromatic N) is 7. The second-order valence-corrected chi connectivity index (χ2v) is 8.44. The lowest BCUT2D eigenvalue weighted by atomic mass is 10.1. The van der Waals surface area contributed by atoms with E-state index in [2.05, 4.69) is 27.8 Å². The molecule has 1 amide bonds. The fourth-order valence-electron chi connectivity index (χ4n) is 4.73. The minimum absolute atomic E-state index is 0.0804. The van der Waals surface area contributed by atoms with E-state index in [9.17, 15) is 10.1 Å². The molecule has 0 radical (unpaired) electrons. The van der Waals surface area contributed by atoms with Crippen LogP contribution < -0.4 is 15.5 Å². The molecule has 168 valence electrons. The van der Waals surface area contributed by atoms with Crippen LogP contribution in [0.1, 0.15) is 41.4 Å². The van der Waals surface area contributed by atoms with Crippen molar-refractivity contribution in [3.05, 3.63) is 41.1 Å². The highest BCUT2D eigenvalue weighted by Gasteiger charge is 2.42. The molecule has 2 aromatic rings. The van der Waals surface area contributed by atoms with Gasteiger partial charge in [-0.25, -0.2) is 0 Å². The zero-order chi connectivity index (χ0) is 22.9. The average Bonchev–Trinajstić information content (AvgIpc) is 3.46. The van der Waals surface area contributed by atoms with Crippen LogP contribution in [0.3, 0.4) is 0 Å². The van der Waals surface area contributed by atoms with Crippen LogP contribution in [0.25, 0.3) is 0 Å². The summed E-state index contributed by atoms with van der Waals surface area (Å²) in [6.45, 7) is 5.21. The van der Waals surface area contributed by atoms with Crippen LogP contribution >= 0.6 is 0 Å². The summed E-state index contributed by atoms with van der Waals surface area (Å²) in [6, 6.07) is 9.65. The molecular formula is C24H26N8O. The van der Waals surface area contributed by atoms with Gasteiger partial charge < -0.3 is 10.6 Å². The standard InChI is InChI=1S/C24H26N8O/c1-2-3-12-30-20-21(28-24(30)29-11-6-9-19(26)16-29)31-13-10-27-23(31)32(22(20)33)15-18-8-5-4-7-17(18)14-25/h4-5,7-8,19H,6,9-13,15-16,26H2,1H3/t19-/m1/s1. The first kappa shape index (κ1) is 21.0. The molecule has 4 heterocycles. The molecule has 0 unspecified atom stereocenters. The topological polar surface area (TPSA) is 107 Å². The van der Waals surface area contributed by atoms with E-state index in [1.54, 1.807) is 17.9 Å². The molecule has 1 aromatic carbocycles. The minimum Gasteiger partial charge on any atom is -0.341 e. The number of piperidine rings is 1. The monoisotopic (exact) mass is 442 g/mol. The highest BCUT2D eigenvalue weighted by atomic mass is 16.2. The van der Waals surface area contributed by atoms with Gasteiger partial charge in [0.25, 0.3) is 5.91 Å². The zero-order valence-corrected chi connectivity index (χ0v) is 18.7. The molecule has 5 rings (SSSR count). The Kier molecular flexibility index (Phi) is 5.49. The van der Waals surface area contributed by atoms with E-state index in [4.69, 9.17) is 10.7 Å². The second-order valence-electron chi connectivity index (χ2n) is 8.44. The number of carbonyl (C=O) groups is 1. The van der Waals surface area contributed by atoms with Gasteiger partial charge in [0.1, 0.15) is 0 Å². The molecule has 2 N–H and O–H groups in total. The molecule has 3 aliphatic rings. The number of carbonyl (C=O) groups excluding carboxylic acids is 1. The predicted molar refractivity (Wildman–Crippen MR) is 126 cm³/mol. The number of aromatic nitrogens is 2. The Morgan fingerprint density at radius 2 is 2.12 bits per heavy atom. The summed E-state index contributed by atoms with van der Waals surface area (Å²) < 4.78 is 1.92. The number of nitrogens with two attached hydrogens (primary N) is 1. The summed E-state index contributed by atoms with van der Waals surface area (Å²) in [5, 5.41) is 9.53. The predicted octanol–water partition coefficient (Wildman–Crippen LogP) is 1.54. The van der Waals surface area contributed by atoms with E-state index in [0.717, 1.165) is 30.9 Å². The second kappa shape index (κ2) is 8.61. The minimum atomic E-state index is -0.174. The van der Waals surface area contributed by atoms with E-state index in [1.807, 2.05) is 27.7 Å². The van der Waals surface area contributed by atoms with Crippen molar-refractivity contribution < 1.29 is 4.79 Å². The van der Waals surface area contributed by atoms with Crippen LogP contribution in [0.4, 0.5) is 11.8 Å². The van der Waals surface area contributed by atoms with E-state index in [0.29, 0.717) is 49.2 Å². The van der Waals surface area contributed by atoms with Gasteiger partial charge >= 0.3 is 0 Å². The summed E-state index contributed by atoms with van der Waals surface area (Å²) in [7, 11) is 0. The average molecular weight is 443 g/mol. The molecule has 3 aliphatic heterocycles. The third kappa shape index (κ3) is 3.61. The van der Waals surface area contributed by atoms with E-state index >= 15 is 0 Å². The van der Waals surface area contributed by atoms with Crippen molar-refractivity contribution in [2.24, 2.45) is 10.7 Å². The molecule has 1 aromatic heterocycles. The van der Waals surface area contributed by atoms with Gasteiger partial charge in [0, 0.05) is 25.7 Å². The van der Waals surface area contributed by atoms with Crippen molar-refractivity contribution in [3.63, 3.8) is 0 Å². The zero-order valence-electron chi connectivity index (χ0n) is 18.7. The number of imidazole rings is 1. The van der Waals surface area contributed by atoms with Crippen LogP contribution in [0.5, 0.6) is 0 Å². The summed E-state index contributed by atoms with van der Waals surface area (Å²) in [4.78, 5) is 29.3. The van der Waals surface area contributed by atoms with Crippen molar-refractivity contribution >= 4 is 23.6 Å². The number of guanidine groups is 1. The summed E-state index contributed by atoms with van der Waals surface area (Å²) in [5.41, 5.74) is 8.10. The lowest BCUT2D eigenvalue weighted by molar-refractivity contribution is 0.0823. The fraction of sp³-hybridized carbons (Fsp3) is 0.417. The SMILES string of the molecule is CC#CCn1c(N2CCC[C@@H](N)C2)nc2c1C(=O)N(Cc1ccccc1C#N)C1=NCCN12. The molecule has 9 nitrogen and oxygen atoms in total. The van der Waals surface area contributed by atoms with Crippen LogP contribution in [0, 0.1) is 23.2 Å². The van der Waals surface area contributed by atoms with E-state index < -0.39 is 0 Å². The van der Waals surface area contributed by atoms with Gasteiger partial charge in [-0.05, 0) is 31.4 Å². The maximum Gasteiger partial charge on any atom is 0.281 e. The smallest absolute Gasteiger partial charge is 0.281 e. The Hall–Kier alpha value is -3.82. The Morgan fingerprint density at radius 1 is 1.27 bits per heavy atom. The quantitative estimate of drug-likeness (QED) is 0.720. The maximum atomic E-state index is 13.9. The molecule has 0 saturated carbocycles. The summed E-state index contributed by atoms with van der Waals surface area (Å²) >= 11 is 0. The molecule has 9 heteroatoms. The van der Waals surface area contributed by atoms with E-state index in [-0.39, 0.29) is 18.5 Å². The Labute approximate surface area is 193 Å². The normalized spacial score (nSPS) is 19.4. The van der Waals surface area contributed by atoms with Crippen molar-refractivity contribution in [1.29, 1.82) is 5.26 Å². The highest BCUT2D eigenvalue weighted by molar-refractivity contribution is 6.18. The number of rotatable bonds is 4. The number of nitriles is 1. The largest absolute Gasteiger partial charge is 0.341 e. The molecule has 0 spiro atoms. The molecule has 33 heavy (non-hydrogen) atoms. The number of hydrogen-bond acceptors (Lipinski definition) is 7. The molecule has 0 bridgehead atoms. The van der Waals surface area contributed by atoms with Gasteiger partial charge in [0.15, 0.2) is 11.5 Å². The van der Waals surface area contributed by atoms with Gasteiger partial charge in [-0.1, -0.05) is 24.1 Å².